The molecule has 0 bridgehead atoms. The summed E-state index contributed by atoms with van der Waals surface area (Å²) in [7, 11) is 0. The Balaban J connectivity index is 2.37. The average molecular weight is 226 g/mol. The van der Waals surface area contributed by atoms with Crippen molar-refractivity contribution in [2.75, 3.05) is 5.73 Å². The molecule has 0 atom stereocenters. The third kappa shape index (κ3) is 1.88. The van der Waals surface area contributed by atoms with E-state index in [1.165, 1.54) is 12.1 Å². The van der Waals surface area contributed by atoms with Crippen LogP contribution in [0.2, 0.25) is 0 Å². The first kappa shape index (κ1) is 10.6. The molecule has 0 unspecified atom stereocenters. The molecule has 16 heavy (non-hydrogen) atoms. The predicted molar refractivity (Wildman–Crippen MR) is 55.6 cm³/mol. The smallest absolute Gasteiger partial charge is 0.385 e. The SMILES string of the molecule is Nc1[nH]ccc1-c1ccc(C(F)(F)F)cc1. The molecule has 0 saturated heterocycles. The van der Waals surface area contributed by atoms with Gasteiger partial charge >= 0.3 is 6.18 Å². The number of H-pyrrole nitrogens is 1. The van der Waals surface area contributed by atoms with Gasteiger partial charge in [-0.1, -0.05) is 12.1 Å². The molecule has 5 heteroatoms. The van der Waals surface area contributed by atoms with Crippen LogP contribution in [0.1, 0.15) is 5.56 Å². The highest BCUT2D eigenvalue weighted by Crippen LogP contribution is 2.31. The van der Waals surface area contributed by atoms with E-state index in [4.69, 9.17) is 5.73 Å². The van der Waals surface area contributed by atoms with Crippen molar-refractivity contribution >= 4 is 5.82 Å². The number of aromatic nitrogens is 1. The Bertz CT molecular complexity index is 483. The molecule has 1 heterocycles. The van der Waals surface area contributed by atoms with E-state index in [1.54, 1.807) is 12.3 Å². The Morgan fingerprint density at radius 1 is 1.00 bits per heavy atom. The fourth-order valence-electron chi connectivity index (χ4n) is 1.47. The highest BCUT2D eigenvalue weighted by molar-refractivity contribution is 5.74. The summed E-state index contributed by atoms with van der Waals surface area (Å²) in [5.41, 5.74) is 6.32. The van der Waals surface area contributed by atoms with Crippen molar-refractivity contribution in [3.05, 3.63) is 42.1 Å². The summed E-state index contributed by atoms with van der Waals surface area (Å²) in [4.78, 5) is 2.77. The van der Waals surface area contributed by atoms with Crippen molar-refractivity contribution in [2.24, 2.45) is 0 Å². The minimum absolute atomic E-state index is 0.444. The van der Waals surface area contributed by atoms with Crippen LogP contribution in [0, 0.1) is 0 Å². The van der Waals surface area contributed by atoms with E-state index in [-0.39, 0.29) is 0 Å². The van der Waals surface area contributed by atoms with Gasteiger partial charge in [0.15, 0.2) is 0 Å². The van der Waals surface area contributed by atoms with Gasteiger partial charge in [-0.05, 0) is 23.8 Å². The molecule has 2 rings (SSSR count). The van der Waals surface area contributed by atoms with Crippen LogP contribution in [-0.2, 0) is 6.18 Å². The molecule has 0 fully saturated rings. The fraction of sp³-hybridized carbons (Fsp3) is 0.0909. The summed E-state index contributed by atoms with van der Waals surface area (Å²) in [6, 6.07) is 6.62. The molecular formula is C11H9F3N2. The maximum Gasteiger partial charge on any atom is 0.416 e. The van der Waals surface area contributed by atoms with E-state index in [2.05, 4.69) is 4.98 Å². The molecule has 0 amide bonds. The molecule has 3 N–H and O–H groups in total. The second-order valence-electron chi connectivity index (χ2n) is 3.38. The number of hydrogen-bond acceptors (Lipinski definition) is 1. The molecule has 0 aliphatic heterocycles. The van der Waals surface area contributed by atoms with Gasteiger partial charge in [0.05, 0.1) is 5.56 Å². The van der Waals surface area contributed by atoms with Gasteiger partial charge in [-0.3, -0.25) is 0 Å². The number of alkyl halides is 3. The number of nitrogen functional groups attached to an aromatic ring is 1. The van der Waals surface area contributed by atoms with Crippen LogP contribution in [-0.4, -0.2) is 4.98 Å². The van der Waals surface area contributed by atoms with Crippen LogP contribution >= 0.6 is 0 Å². The summed E-state index contributed by atoms with van der Waals surface area (Å²) < 4.78 is 36.9. The number of halogens is 3. The van der Waals surface area contributed by atoms with Crippen molar-refractivity contribution in [2.45, 2.75) is 6.18 Å². The Hall–Kier alpha value is -1.91. The molecule has 0 saturated carbocycles. The van der Waals surface area contributed by atoms with Gasteiger partial charge in [0.2, 0.25) is 0 Å². The number of aromatic amines is 1. The first-order valence-electron chi connectivity index (χ1n) is 4.59. The summed E-state index contributed by atoms with van der Waals surface area (Å²) in [6.07, 6.45) is -2.66. The van der Waals surface area contributed by atoms with Crippen LogP contribution in [0.3, 0.4) is 0 Å². The van der Waals surface area contributed by atoms with Crippen LogP contribution in [0.15, 0.2) is 36.5 Å². The van der Waals surface area contributed by atoms with E-state index in [0.29, 0.717) is 16.9 Å². The number of rotatable bonds is 1. The van der Waals surface area contributed by atoms with E-state index in [0.717, 1.165) is 12.1 Å². The van der Waals surface area contributed by atoms with Crippen LogP contribution < -0.4 is 5.73 Å². The highest BCUT2D eigenvalue weighted by Gasteiger charge is 2.29. The van der Waals surface area contributed by atoms with E-state index in [9.17, 15) is 13.2 Å². The summed E-state index contributed by atoms with van der Waals surface area (Å²) >= 11 is 0. The zero-order chi connectivity index (χ0) is 11.8. The fourth-order valence-corrected chi connectivity index (χ4v) is 1.47. The summed E-state index contributed by atoms with van der Waals surface area (Å²) in [5, 5.41) is 0. The summed E-state index contributed by atoms with van der Waals surface area (Å²) in [6.45, 7) is 0. The van der Waals surface area contributed by atoms with Gasteiger partial charge < -0.3 is 10.7 Å². The molecule has 1 aromatic heterocycles. The van der Waals surface area contributed by atoms with E-state index in [1.807, 2.05) is 0 Å². The molecule has 1 aromatic carbocycles. The molecule has 0 aliphatic carbocycles. The maximum atomic E-state index is 12.3. The molecule has 0 spiro atoms. The molecule has 84 valence electrons. The van der Waals surface area contributed by atoms with Crippen molar-refractivity contribution in [3.8, 4) is 11.1 Å². The number of nitrogens with two attached hydrogens (primary N) is 1. The normalized spacial score (nSPS) is 11.7. The van der Waals surface area contributed by atoms with Crippen LogP contribution in [0.5, 0.6) is 0 Å². The zero-order valence-electron chi connectivity index (χ0n) is 8.18. The number of nitrogens with one attached hydrogen (secondary N) is 1. The molecule has 2 nitrogen and oxygen atoms in total. The standard InChI is InChI=1S/C11H9F3N2/c12-11(13,14)8-3-1-7(2-4-8)9-5-6-16-10(9)15/h1-6,16H,15H2. The van der Waals surface area contributed by atoms with E-state index >= 15 is 0 Å². The van der Waals surface area contributed by atoms with Crippen LogP contribution in [0.25, 0.3) is 11.1 Å². The topological polar surface area (TPSA) is 41.8 Å². The van der Waals surface area contributed by atoms with Gasteiger partial charge in [-0.25, -0.2) is 0 Å². The van der Waals surface area contributed by atoms with Gasteiger partial charge in [0.25, 0.3) is 0 Å². The average Bonchev–Trinajstić information content (AvgIpc) is 2.63. The quantitative estimate of drug-likeness (QED) is 0.769. The lowest BCUT2D eigenvalue weighted by molar-refractivity contribution is -0.137. The van der Waals surface area contributed by atoms with Gasteiger partial charge in [-0.2, -0.15) is 13.2 Å². The number of anilines is 1. The second kappa shape index (κ2) is 3.59. The summed E-state index contributed by atoms with van der Waals surface area (Å²) in [5.74, 6) is 0.444. The van der Waals surface area contributed by atoms with Gasteiger partial charge in [0, 0.05) is 11.8 Å². The minimum atomic E-state index is -4.30. The Morgan fingerprint density at radius 3 is 2.06 bits per heavy atom. The van der Waals surface area contributed by atoms with E-state index < -0.39 is 11.7 Å². The zero-order valence-corrected chi connectivity index (χ0v) is 8.18. The second-order valence-corrected chi connectivity index (χ2v) is 3.38. The lowest BCUT2D eigenvalue weighted by Gasteiger charge is -2.07. The van der Waals surface area contributed by atoms with Crippen molar-refractivity contribution in [1.29, 1.82) is 0 Å². The maximum absolute atomic E-state index is 12.3. The minimum Gasteiger partial charge on any atom is -0.385 e. The lowest BCUT2D eigenvalue weighted by atomic mass is 10.1. The first-order chi connectivity index (χ1) is 7.48. The Labute approximate surface area is 89.9 Å². The largest absolute Gasteiger partial charge is 0.416 e. The van der Waals surface area contributed by atoms with Gasteiger partial charge in [-0.15, -0.1) is 0 Å². The predicted octanol–water partition coefficient (Wildman–Crippen LogP) is 3.28. The van der Waals surface area contributed by atoms with Crippen molar-refractivity contribution < 1.29 is 13.2 Å². The molecular weight excluding hydrogens is 217 g/mol. The third-order valence-corrected chi connectivity index (χ3v) is 2.30. The monoisotopic (exact) mass is 226 g/mol. The third-order valence-electron chi connectivity index (χ3n) is 2.30. The van der Waals surface area contributed by atoms with Crippen molar-refractivity contribution in [1.82, 2.24) is 4.98 Å². The Morgan fingerprint density at radius 2 is 1.62 bits per heavy atom. The highest BCUT2D eigenvalue weighted by atomic mass is 19.4. The Kier molecular flexibility index (Phi) is 2.38. The first-order valence-corrected chi connectivity index (χ1v) is 4.59. The number of hydrogen-bond donors (Lipinski definition) is 2. The molecule has 0 aliphatic rings. The lowest BCUT2D eigenvalue weighted by Crippen LogP contribution is -2.04. The van der Waals surface area contributed by atoms with Crippen LogP contribution in [0.4, 0.5) is 19.0 Å². The molecule has 0 radical (unpaired) electrons. The van der Waals surface area contributed by atoms with Crippen molar-refractivity contribution in [3.63, 3.8) is 0 Å². The van der Waals surface area contributed by atoms with Gasteiger partial charge in [0.1, 0.15) is 5.82 Å². The molecule has 2 aromatic rings. The number of benzene rings is 1.